The maximum Gasteiger partial charge on any atom is 0.244 e. The lowest BCUT2D eigenvalue weighted by molar-refractivity contribution is 0.560. The zero-order chi connectivity index (χ0) is 15.3. The molecule has 0 fully saturated rings. The number of nitrogens with zero attached hydrogens (tertiary/aromatic N) is 2. The summed E-state index contributed by atoms with van der Waals surface area (Å²) < 4.78 is 28.6. The SMILES string of the molecule is CNCCCn1cc(S(=O)(=O)NCc2ccc(C)s2)cn1. The summed E-state index contributed by atoms with van der Waals surface area (Å²) in [6.45, 7) is 3.88. The summed E-state index contributed by atoms with van der Waals surface area (Å²) in [6.07, 6.45) is 3.86. The number of aromatic nitrogens is 2. The molecule has 21 heavy (non-hydrogen) atoms. The molecule has 0 spiro atoms. The molecule has 8 heteroatoms. The molecule has 0 unspecified atom stereocenters. The molecule has 2 aromatic heterocycles. The molecular weight excluding hydrogens is 308 g/mol. The minimum atomic E-state index is -3.50. The Hall–Kier alpha value is -1.22. The van der Waals surface area contributed by atoms with Crippen LogP contribution in [-0.2, 0) is 23.1 Å². The van der Waals surface area contributed by atoms with Crippen LogP contribution in [-0.4, -0.2) is 31.8 Å². The van der Waals surface area contributed by atoms with E-state index in [-0.39, 0.29) is 4.90 Å². The van der Waals surface area contributed by atoms with Gasteiger partial charge in [-0.1, -0.05) is 0 Å². The first-order chi connectivity index (χ1) is 10.0. The average Bonchev–Trinajstić information content (AvgIpc) is 3.06. The Bertz CT molecular complexity index is 676. The predicted octanol–water partition coefficient (Wildman–Crippen LogP) is 1.34. The van der Waals surface area contributed by atoms with Crippen LogP contribution in [0.2, 0.25) is 0 Å². The van der Waals surface area contributed by atoms with Gasteiger partial charge in [-0.2, -0.15) is 5.10 Å². The molecule has 2 N–H and O–H groups in total. The van der Waals surface area contributed by atoms with E-state index in [4.69, 9.17) is 0 Å². The molecule has 0 bridgehead atoms. The number of rotatable bonds is 8. The maximum atomic E-state index is 12.2. The summed E-state index contributed by atoms with van der Waals surface area (Å²) in [7, 11) is -1.62. The molecule has 0 saturated carbocycles. The number of nitrogens with one attached hydrogen (secondary N) is 2. The lowest BCUT2D eigenvalue weighted by atomic mass is 10.4. The van der Waals surface area contributed by atoms with Crippen molar-refractivity contribution in [3.63, 3.8) is 0 Å². The molecule has 0 atom stereocenters. The average molecular weight is 328 g/mol. The number of aryl methyl sites for hydroxylation is 2. The third-order valence-corrected chi connectivity index (χ3v) is 5.32. The molecule has 0 amide bonds. The Morgan fingerprint density at radius 2 is 2.19 bits per heavy atom. The van der Waals surface area contributed by atoms with E-state index in [2.05, 4.69) is 15.1 Å². The first-order valence-electron chi connectivity index (χ1n) is 6.73. The zero-order valence-corrected chi connectivity index (χ0v) is 13.8. The van der Waals surface area contributed by atoms with Crippen LogP contribution in [0, 0.1) is 6.92 Å². The molecule has 0 radical (unpaired) electrons. The Kier molecular flexibility index (Phi) is 5.51. The van der Waals surface area contributed by atoms with Gasteiger partial charge in [-0.25, -0.2) is 13.1 Å². The Morgan fingerprint density at radius 1 is 1.38 bits per heavy atom. The van der Waals surface area contributed by atoms with Crippen molar-refractivity contribution in [3.05, 3.63) is 34.3 Å². The van der Waals surface area contributed by atoms with Gasteiger partial charge in [0.15, 0.2) is 0 Å². The highest BCUT2D eigenvalue weighted by Gasteiger charge is 2.16. The van der Waals surface area contributed by atoms with E-state index in [1.807, 2.05) is 26.1 Å². The highest BCUT2D eigenvalue weighted by atomic mass is 32.2. The van der Waals surface area contributed by atoms with E-state index in [0.717, 1.165) is 17.8 Å². The fourth-order valence-corrected chi connectivity index (χ4v) is 3.73. The fourth-order valence-electron chi connectivity index (χ4n) is 1.85. The Labute approximate surface area is 129 Å². The van der Waals surface area contributed by atoms with E-state index in [9.17, 15) is 8.42 Å². The first-order valence-corrected chi connectivity index (χ1v) is 9.03. The zero-order valence-electron chi connectivity index (χ0n) is 12.2. The summed E-state index contributed by atoms with van der Waals surface area (Å²) in [5.74, 6) is 0. The van der Waals surface area contributed by atoms with Gasteiger partial charge >= 0.3 is 0 Å². The summed E-state index contributed by atoms with van der Waals surface area (Å²) in [6, 6.07) is 3.91. The van der Waals surface area contributed by atoms with Crippen molar-refractivity contribution in [2.45, 2.75) is 31.3 Å². The molecule has 2 rings (SSSR count). The van der Waals surface area contributed by atoms with E-state index in [1.54, 1.807) is 22.2 Å². The Balaban J connectivity index is 1.95. The summed E-state index contributed by atoms with van der Waals surface area (Å²) in [5, 5.41) is 7.13. The smallest absolute Gasteiger partial charge is 0.244 e. The van der Waals surface area contributed by atoms with Crippen molar-refractivity contribution < 1.29 is 8.42 Å². The molecule has 0 saturated heterocycles. The normalized spacial score (nSPS) is 11.9. The second-order valence-electron chi connectivity index (χ2n) is 4.73. The third-order valence-electron chi connectivity index (χ3n) is 2.97. The van der Waals surface area contributed by atoms with Crippen LogP contribution in [0.25, 0.3) is 0 Å². The van der Waals surface area contributed by atoms with Crippen molar-refractivity contribution in [3.8, 4) is 0 Å². The minimum absolute atomic E-state index is 0.209. The van der Waals surface area contributed by atoms with E-state index < -0.39 is 10.0 Å². The highest BCUT2D eigenvalue weighted by Crippen LogP contribution is 2.16. The highest BCUT2D eigenvalue weighted by molar-refractivity contribution is 7.89. The van der Waals surface area contributed by atoms with Gasteiger partial charge in [0.25, 0.3) is 0 Å². The van der Waals surface area contributed by atoms with E-state index in [1.165, 1.54) is 11.1 Å². The number of hydrogen-bond donors (Lipinski definition) is 2. The molecule has 2 aromatic rings. The predicted molar refractivity (Wildman–Crippen MR) is 83.9 cm³/mol. The first kappa shape index (κ1) is 16.2. The van der Waals surface area contributed by atoms with Crippen LogP contribution in [0.1, 0.15) is 16.2 Å². The van der Waals surface area contributed by atoms with Crippen molar-refractivity contribution >= 4 is 21.4 Å². The van der Waals surface area contributed by atoms with Crippen LogP contribution >= 0.6 is 11.3 Å². The number of thiophene rings is 1. The van der Waals surface area contributed by atoms with Crippen LogP contribution in [0.5, 0.6) is 0 Å². The Morgan fingerprint density at radius 3 is 2.86 bits per heavy atom. The molecule has 116 valence electrons. The van der Waals surface area contributed by atoms with Crippen LogP contribution in [0.4, 0.5) is 0 Å². The van der Waals surface area contributed by atoms with Crippen molar-refractivity contribution in [1.29, 1.82) is 0 Å². The number of sulfonamides is 1. The molecular formula is C13H20N4O2S2. The van der Waals surface area contributed by atoms with Crippen molar-refractivity contribution in [2.24, 2.45) is 0 Å². The monoisotopic (exact) mass is 328 g/mol. The minimum Gasteiger partial charge on any atom is -0.320 e. The van der Waals surface area contributed by atoms with Gasteiger partial charge in [-0.15, -0.1) is 11.3 Å². The lowest BCUT2D eigenvalue weighted by Gasteiger charge is -2.03. The van der Waals surface area contributed by atoms with Gasteiger partial charge in [0.2, 0.25) is 10.0 Å². The topological polar surface area (TPSA) is 76.0 Å². The fraction of sp³-hybridized carbons (Fsp3) is 0.462. The van der Waals surface area contributed by atoms with Crippen LogP contribution < -0.4 is 10.0 Å². The summed E-state index contributed by atoms with van der Waals surface area (Å²) in [5.41, 5.74) is 0. The largest absolute Gasteiger partial charge is 0.320 e. The standard InChI is InChI=1S/C13H20N4O2S2/c1-11-4-5-12(20-11)8-16-21(18,19)13-9-15-17(10-13)7-3-6-14-2/h4-5,9-10,14,16H,3,6-8H2,1-2H3. The van der Waals surface area contributed by atoms with Crippen LogP contribution in [0.3, 0.4) is 0 Å². The second kappa shape index (κ2) is 7.17. The van der Waals surface area contributed by atoms with E-state index in [0.29, 0.717) is 13.1 Å². The molecule has 0 aliphatic rings. The van der Waals surface area contributed by atoms with Gasteiger partial charge in [-0.05, 0) is 39.1 Å². The van der Waals surface area contributed by atoms with Crippen molar-refractivity contribution in [1.82, 2.24) is 19.8 Å². The lowest BCUT2D eigenvalue weighted by Crippen LogP contribution is -2.22. The molecule has 0 aliphatic heterocycles. The second-order valence-corrected chi connectivity index (χ2v) is 7.87. The third kappa shape index (κ3) is 4.63. The molecule has 6 nitrogen and oxygen atoms in total. The van der Waals surface area contributed by atoms with Gasteiger partial charge < -0.3 is 5.32 Å². The molecule has 0 aliphatic carbocycles. The van der Waals surface area contributed by atoms with Gasteiger partial charge in [-0.3, -0.25) is 4.68 Å². The van der Waals surface area contributed by atoms with Gasteiger partial charge in [0.05, 0.1) is 6.20 Å². The van der Waals surface area contributed by atoms with E-state index >= 15 is 0 Å². The maximum absolute atomic E-state index is 12.2. The van der Waals surface area contributed by atoms with Crippen molar-refractivity contribution in [2.75, 3.05) is 13.6 Å². The van der Waals surface area contributed by atoms with Gasteiger partial charge in [0.1, 0.15) is 4.90 Å². The summed E-state index contributed by atoms with van der Waals surface area (Å²) in [4.78, 5) is 2.37. The number of hydrogen-bond acceptors (Lipinski definition) is 5. The molecule has 2 heterocycles. The quantitative estimate of drug-likeness (QED) is 0.717. The van der Waals surface area contributed by atoms with Gasteiger partial charge in [0, 0.05) is 29.0 Å². The summed E-state index contributed by atoms with van der Waals surface area (Å²) >= 11 is 1.59. The molecule has 0 aromatic carbocycles. The van der Waals surface area contributed by atoms with Crippen LogP contribution in [0.15, 0.2) is 29.4 Å².